The van der Waals surface area contributed by atoms with E-state index in [-0.39, 0.29) is 5.97 Å². The second-order valence-electron chi connectivity index (χ2n) is 8.98. The number of benzene rings is 1. The standard InChI is InChI=1S/C28H50N2O3/c1-5-9-17-29(18-10-6-2)21-23-32-25-26-13-15-27(16-14-26)28(31)33-24-22-30(19-11-7-3)20-12-8-4/h13-16H,5-12,17-25H2,1-4H3. The summed E-state index contributed by atoms with van der Waals surface area (Å²) in [5, 5.41) is 0. The maximum Gasteiger partial charge on any atom is 0.338 e. The third-order valence-corrected chi connectivity index (χ3v) is 5.96. The number of hydrogen-bond donors (Lipinski definition) is 0. The number of carbonyl (C=O) groups excluding carboxylic acids is 1. The van der Waals surface area contributed by atoms with Gasteiger partial charge in [0.2, 0.25) is 0 Å². The number of nitrogens with zero attached hydrogens (tertiary/aromatic N) is 2. The highest BCUT2D eigenvalue weighted by atomic mass is 16.5. The summed E-state index contributed by atoms with van der Waals surface area (Å²) in [5.41, 5.74) is 1.70. The first-order valence-electron chi connectivity index (χ1n) is 13.4. The summed E-state index contributed by atoms with van der Waals surface area (Å²) < 4.78 is 11.4. The molecule has 0 aliphatic rings. The molecule has 0 atom stereocenters. The summed E-state index contributed by atoms with van der Waals surface area (Å²) in [6, 6.07) is 7.64. The van der Waals surface area contributed by atoms with Crippen molar-refractivity contribution in [3.8, 4) is 0 Å². The van der Waals surface area contributed by atoms with Gasteiger partial charge in [-0.15, -0.1) is 0 Å². The van der Waals surface area contributed by atoms with Gasteiger partial charge in [0.25, 0.3) is 0 Å². The van der Waals surface area contributed by atoms with Gasteiger partial charge in [-0.3, -0.25) is 4.90 Å². The van der Waals surface area contributed by atoms with Crippen molar-refractivity contribution in [3.05, 3.63) is 35.4 Å². The molecule has 0 spiro atoms. The molecule has 0 aliphatic carbocycles. The van der Waals surface area contributed by atoms with E-state index >= 15 is 0 Å². The van der Waals surface area contributed by atoms with Gasteiger partial charge in [-0.1, -0.05) is 65.5 Å². The van der Waals surface area contributed by atoms with Crippen LogP contribution >= 0.6 is 0 Å². The molecule has 0 unspecified atom stereocenters. The predicted molar refractivity (Wildman–Crippen MR) is 139 cm³/mol. The Morgan fingerprint density at radius 3 is 1.58 bits per heavy atom. The number of ether oxygens (including phenoxy) is 2. The zero-order valence-corrected chi connectivity index (χ0v) is 21.9. The SMILES string of the molecule is CCCCN(CCCC)CCOCc1ccc(C(=O)OCCN(CCCC)CCCC)cc1. The Morgan fingerprint density at radius 1 is 0.667 bits per heavy atom. The Morgan fingerprint density at radius 2 is 1.12 bits per heavy atom. The van der Waals surface area contributed by atoms with Crippen LogP contribution in [0.2, 0.25) is 0 Å². The van der Waals surface area contributed by atoms with Crippen LogP contribution in [0.3, 0.4) is 0 Å². The van der Waals surface area contributed by atoms with E-state index in [0.717, 1.165) is 51.4 Å². The van der Waals surface area contributed by atoms with E-state index in [4.69, 9.17) is 9.47 Å². The number of esters is 1. The highest BCUT2D eigenvalue weighted by Gasteiger charge is 2.10. The second-order valence-corrected chi connectivity index (χ2v) is 8.98. The Kier molecular flexibility index (Phi) is 17.9. The fraction of sp³-hybridized carbons (Fsp3) is 0.750. The van der Waals surface area contributed by atoms with Gasteiger partial charge in [-0.25, -0.2) is 4.79 Å². The molecule has 190 valence electrons. The fourth-order valence-electron chi connectivity index (χ4n) is 3.67. The van der Waals surface area contributed by atoms with Gasteiger partial charge in [0.15, 0.2) is 0 Å². The van der Waals surface area contributed by atoms with Crippen molar-refractivity contribution >= 4 is 5.97 Å². The molecule has 1 aromatic carbocycles. The highest BCUT2D eigenvalue weighted by molar-refractivity contribution is 5.89. The van der Waals surface area contributed by atoms with Crippen LogP contribution in [0.25, 0.3) is 0 Å². The lowest BCUT2D eigenvalue weighted by Crippen LogP contribution is -2.30. The van der Waals surface area contributed by atoms with E-state index in [9.17, 15) is 4.79 Å². The monoisotopic (exact) mass is 462 g/mol. The molecule has 1 aromatic rings. The molecule has 0 aromatic heterocycles. The van der Waals surface area contributed by atoms with Gasteiger partial charge in [0.05, 0.1) is 18.8 Å². The van der Waals surface area contributed by atoms with Crippen molar-refractivity contribution in [2.45, 2.75) is 85.7 Å². The third kappa shape index (κ3) is 14.4. The summed E-state index contributed by atoms with van der Waals surface area (Å²) in [5.74, 6) is -0.240. The minimum absolute atomic E-state index is 0.240. The van der Waals surface area contributed by atoms with Gasteiger partial charge < -0.3 is 14.4 Å². The molecule has 0 saturated carbocycles. The second kappa shape index (κ2) is 20.0. The van der Waals surface area contributed by atoms with Crippen LogP contribution in [0.4, 0.5) is 0 Å². The lowest BCUT2D eigenvalue weighted by Gasteiger charge is -2.21. The van der Waals surface area contributed by atoms with E-state index in [1.54, 1.807) is 0 Å². The molecule has 0 aliphatic heterocycles. The Hall–Kier alpha value is -1.43. The van der Waals surface area contributed by atoms with Crippen molar-refractivity contribution in [1.29, 1.82) is 0 Å². The first-order chi connectivity index (χ1) is 16.1. The van der Waals surface area contributed by atoms with Crippen molar-refractivity contribution in [2.24, 2.45) is 0 Å². The smallest absolute Gasteiger partial charge is 0.338 e. The molecule has 0 amide bonds. The van der Waals surface area contributed by atoms with Gasteiger partial charge in [0.1, 0.15) is 6.61 Å². The first-order valence-corrected chi connectivity index (χ1v) is 13.4. The van der Waals surface area contributed by atoms with Crippen molar-refractivity contribution in [3.63, 3.8) is 0 Å². The Bertz CT molecular complexity index is 575. The zero-order valence-electron chi connectivity index (χ0n) is 21.9. The normalized spacial score (nSPS) is 11.5. The van der Waals surface area contributed by atoms with E-state index < -0.39 is 0 Å². The maximum atomic E-state index is 12.4. The fourth-order valence-corrected chi connectivity index (χ4v) is 3.67. The van der Waals surface area contributed by atoms with Gasteiger partial charge in [-0.2, -0.15) is 0 Å². The number of carbonyl (C=O) groups is 1. The molecule has 5 heteroatoms. The molecule has 5 nitrogen and oxygen atoms in total. The van der Waals surface area contributed by atoms with Gasteiger partial charge in [0, 0.05) is 13.1 Å². The van der Waals surface area contributed by atoms with Crippen molar-refractivity contribution in [1.82, 2.24) is 9.80 Å². The van der Waals surface area contributed by atoms with E-state index in [1.165, 1.54) is 51.4 Å². The average Bonchev–Trinajstić information content (AvgIpc) is 2.84. The Labute approximate surface area is 203 Å². The van der Waals surface area contributed by atoms with Crippen LogP contribution in [0.5, 0.6) is 0 Å². The van der Waals surface area contributed by atoms with Gasteiger partial charge in [-0.05, 0) is 69.6 Å². The van der Waals surface area contributed by atoms with Crippen molar-refractivity contribution in [2.75, 3.05) is 52.5 Å². The summed E-state index contributed by atoms with van der Waals surface area (Å²) in [6.07, 6.45) is 9.71. The molecule has 0 bridgehead atoms. The number of rotatable bonds is 21. The predicted octanol–water partition coefficient (Wildman–Crippen LogP) is 6.16. The summed E-state index contributed by atoms with van der Waals surface area (Å²) >= 11 is 0. The summed E-state index contributed by atoms with van der Waals surface area (Å²) in [4.78, 5) is 17.3. The molecule has 33 heavy (non-hydrogen) atoms. The number of unbranched alkanes of at least 4 members (excludes halogenated alkanes) is 4. The van der Waals surface area contributed by atoms with E-state index in [1.807, 2.05) is 24.3 Å². The quantitative estimate of drug-likeness (QED) is 0.162. The molecular formula is C28H50N2O3. The van der Waals surface area contributed by atoms with Crippen LogP contribution in [0.1, 0.15) is 95.0 Å². The van der Waals surface area contributed by atoms with Crippen LogP contribution in [-0.4, -0.2) is 68.3 Å². The number of hydrogen-bond acceptors (Lipinski definition) is 5. The lowest BCUT2D eigenvalue weighted by atomic mass is 10.1. The molecule has 0 saturated heterocycles. The minimum Gasteiger partial charge on any atom is -0.461 e. The zero-order chi connectivity index (χ0) is 24.2. The minimum atomic E-state index is -0.240. The Balaban J connectivity index is 2.34. The first kappa shape index (κ1) is 29.6. The molecule has 0 N–H and O–H groups in total. The summed E-state index contributed by atoms with van der Waals surface area (Å²) in [7, 11) is 0. The van der Waals surface area contributed by atoms with Crippen LogP contribution in [0, 0.1) is 0 Å². The molecule has 0 heterocycles. The summed E-state index contributed by atoms with van der Waals surface area (Å²) in [6.45, 7) is 16.9. The van der Waals surface area contributed by atoms with Crippen molar-refractivity contribution < 1.29 is 14.3 Å². The molecular weight excluding hydrogens is 412 g/mol. The van der Waals surface area contributed by atoms with Crippen LogP contribution < -0.4 is 0 Å². The van der Waals surface area contributed by atoms with Crippen LogP contribution in [-0.2, 0) is 16.1 Å². The highest BCUT2D eigenvalue weighted by Crippen LogP contribution is 2.08. The topological polar surface area (TPSA) is 42.0 Å². The average molecular weight is 463 g/mol. The molecule has 0 radical (unpaired) electrons. The lowest BCUT2D eigenvalue weighted by molar-refractivity contribution is 0.0460. The largest absolute Gasteiger partial charge is 0.461 e. The maximum absolute atomic E-state index is 12.4. The third-order valence-electron chi connectivity index (χ3n) is 5.96. The van der Waals surface area contributed by atoms with E-state index in [0.29, 0.717) is 18.8 Å². The van der Waals surface area contributed by atoms with E-state index in [2.05, 4.69) is 37.5 Å². The molecule has 1 rings (SSSR count). The van der Waals surface area contributed by atoms with Crippen LogP contribution in [0.15, 0.2) is 24.3 Å². The van der Waals surface area contributed by atoms with Gasteiger partial charge >= 0.3 is 5.97 Å². The molecule has 0 fully saturated rings.